The van der Waals surface area contributed by atoms with E-state index in [2.05, 4.69) is 10.6 Å². The molecule has 0 aliphatic rings. The van der Waals surface area contributed by atoms with Gasteiger partial charge in [0.15, 0.2) is 11.5 Å². The first kappa shape index (κ1) is 19.2. The highest BCUT2D eigenvalue weighted by atomic mass is 19.1. The van der Waals surface area contributed by atoms with Crippen LogP contribution in [-0.2, 0) is 11.2 Å². The molecular weight excluding hydrogens is 339 g/mol. The maximum Gasteiger partial charge on any atom is 0.251 e. The molecule has 26 heavy (non-hydrogen) atoms. The van der Waals surface area contributed by atoms with Crippen LogP contribution in [-0.4, -0.2) is 39.1 Å². The molecule has 0 fully saturated rings. The maximum absolute atomic E-state index is 13.1. The molecule has 7 heteroatoms. The van der Waals surface area contributed by atoms with E-state index in [1.807, 2.05) is 0 Å². The van der Waals surface area contributed by atoms with Crippen LogP contribution in [0.15, 0.2) is 42.5 Å². The fourth-order valence-electron chi connectivity index (χ4n) is 2.35. The van der Waals surface area contributed by atoms with Gasteiger partial charge < -0.3 is 20.1 Å². The molecule has 0 saturated heterocycles. The summed E-state index contributed by atoms with van der Waals surface area (Å²) in [6, 6.07) is 10.7. The van der Waals surface area contributed by atoms with E-state index >= 15 is 0 Å². The molecule has 6 nitrogen and oxygen atoms in total. The maximum atomic E-state index is 13.1. The van der Waals surface area contributed by atoms with Crippen LogP contribution in [0.5, 0.6) is 11.5 Å². The van der Waals surface area contributed by atoms with Crippen LogP contribution in [0.2, 0.25) is 0 Å². The van der Waals surface area contributed by atoms with Gasteiger partial charge in [0.05, 0.1) is 20.6 Å². The Morgan fingerprint density at radius 1 is 0.962 bits per heavy atom. The highest BCUT2D eigenvalue weighted by molar-refractivity contribution is 5.94. The Kier molecular flexibility index (Phi) is 6.96. The van der Waals surface area contributed by atoms with Gasteiger partial charge in [-0.3, -0.25) is 9.59 Å². The van der Waals surface area contributed by atoms with E-state index < -0.39 is 0 Å². The lowest BCUT2D eigenvalue weighted by Crippen LogP contribution is -2.35. The second kappa shape index (κ2) is 9.41. The molecule has 0 atom stereocenters. The molecule has 0 aliphatic carbocycles. The second-order valence-electron chi connectivity index (χ2n) is 5.48. The highest BCUT2D eigenvalue weighted by Crippen LogP contribution is 2.27. The Balaban J connectivity index is 1.77. The standard InChI is InChI=1S/C19H21FN2O4/c1-25-16-7-6-14(12-17(16)26-2)19(24)22-9-8-21-18(23)11-13-4-3-5-15(20)10-13/h3-7,10,12H,8-9,11H2,1-2H3,(H,21,23)(H,22,24). The summed E-state index contributed by atoms with van der Waals surface area (Å²) in [5.41, 5.74) is 1.02. The van der Waals surface area contributed by atoms with E-state index in [0.717, 1.165) is 0 Å². The number of rotatable bonds is 8. The Morgan fingerprint density at radius 2 is 1.69 bits per heavy atom. The summed E-state index contributed by atoms with van der Waals surface area (Å²) in [5, 5.41) is 5.38. The van der Waals surface area contributed by atoms with E-state index in [0.29, 0.717) is 22.6 Å². The lowest BCUT2D eigenvalue weighted by Gasteiger charge is -2.10. The quantitative estimate of drug-likeness (QED) is 0.706. The number of nitrogens with one attached hydrogen (secondary N) is 2. The lowest BCUT2D eigenvalue weighted by atomic mass is 10.1. The average molecular weight is 360 g/mol. The third-order valence-electron chi connectivity index (χ3n) is 3.63. The van der Waals surface area contributed by atoms with Gasteiger partial charge in [-0.2, -0.15) is 0 Å². The zero-order valence-electron chi connectivity index (χ0n) is 14.7. The molecule has 2 aromatic carbocycles. The topological polar surface area (TPSA) is 76.7 Å². The van der Waals surface area contributed by atoms with Crippen LogP contribution in [0.1, 0.15) is 15.9 Å². The molecule has 0 saturated carbocycles. The molecule has 0 heterocycles. The van der Waals surface area contributed by atoms with Gasteiger partial charge in [-0.15, -0.1) is 0 Å². The van der Waals surface area contributed by atoms with Gasteiger partial charge in [-0.25, -0.2) is 4.39 Å². The van der Waals surface area contributed by atoms with Gasteiger partial charge in [-0.1, -0.05) is 12.1 Å². The largest absolute Gasteiger partial charge is 0.493 e. The van der Waals surface area contributed by atoms with Crippen molar-refractivity contribution in [1.82, 2.24) is 10.6 Å². The first-order valence-electron chi connectivity index (χ1n) is 8.05. The molecule has 2 amide bonds. The number of amides is 2. The second-order valence-corrected chi connectivity index (χ2v) is 5.48. The Bertz CT molecular complexity index is 780. The molecule has 2 rings (SSSR count). The van der Waals surface area contributed by atoms with Crippen molar-refractivity contribution in [2.45, 2.75) is 6.42 Å². The van der Waals surface area contributed by atoms with E-state index in [-0.39, 0.29) is 37.1 Å². The molecule has 0 unspecified atom stereocenters. The zero-order valence-corrected chi connectivity index (χ0v) is 14.7. The minimum absolute atomic E-state index is 0.0847. The summed E-state index contributed by atoms with van der Waals surface area (Å²) in [5.74, 6) is 0.0935. The number of carbonyl (C=O) groups is 2. The molecule has 0 radical (unpaired) electrons. The van der Waals surface area contributed by atoms with Gasteiger partial charge in [0.2, 0.25) is 5.91 Å². The van der Waals surface area contributed by atoms with Crippen LogP contribution in [0, 0.1) is 5.82 Å². The first-order valence-corrected chi connectivity index (χ1v) is 8.05. The highest BCUT2D eigenvalue weighted by Gasteiger charge is 2.10. The summed E-state index contributed by atoms with van der Waals surface area (Å²) in [7, 11) is 3.01. The van der Waals surface area contributed by atoms with Crippen molar-refractivity contribution >= 4 is 11.8 Å². The zero-order chi connectivity index (χ0) is 18.9. The molecule has 0 spiro atoms. The Hall–Kier alpha value is -3.09. The minimum atomic E-state index is -0.377. The number of halogens is 1. The van der Waals surface area contributed by atoms with Crippen molar-refractivity contribution in [3.63, 3.8) is 0 Å². The minimum Gasteiger partial charge on any atom is -0.493 e. The molecule has 2 aromatic rings. The molecule has 138 valence electrons. The van der Waals surface area contributed by atoms with Gasteiger partial charge in [0.1, 0.15) is 5.82 Å². The first-order chi connectivity index (χ1) is 12.5. The summed E-state index contributed by atoms with van der Waals surface area (Å²) in [6.07, 6.45) is 0.0847. The number of ether oxygens (including phenoxy) is 2. The fourth-order valence-corrected chi connectivity index (χ4v) is 2.35. The van der Waals surface area contributed by atoms with Crippen LogP contribution in [0.3, 0.4) is 0 Å². The van der Waals surface area contributed by atoms with Crippen molar-refractivity contribution in [2.75, 3.05) is 27.3 Å². The van der Waals surface area contributed by atoms with E-state index in [1.165, 1.54) is 26.4 Å². The van der Waals surface area contributed by atoms with Crippen molar-refractivity contribution < 1.29 is 23.5 Å². The van der Waals surface area contributed by atoms with E-state index in [1.54, 1.807) is 30.3 Å². The number of carbonyl (C=O) groups excluding carboxylic acids is 2. The summed E-state index contributed by atoms with van der Waals surface area (Å²) in [4.78, 5) is 23.9. The lowest BCUT2D eigenvalue weighted by molar-refractivity contribution is -0.120. The normalized spacial score (nSPS) is 10.1. The summed E-state index contributed by atoms with van der Waals surface area (Å²) >= 11 is 0. The van der Waals surface area contributed by atoms with Crippen molar-refractivity contribution in [3.8, 4) is 11.5 Å². The van der Waals surface area contributed by atoms with Gasteiger partial charge in [0.25, 0.3) is 5.91 Å². The number of hydrogen-bond acceptors (Lipinski definition) is 4. The third kappa shape index (κ3) is 5.47. The van der Waals surface area contributed by atoms with Crippen molar-refractivity contribution in [2.24, 2.45) is 0 Å². The average Bonchev–Trinajstić information content (AvgIpc) is 2.64. The van der Waals surface area contributed by atoms with Crippen LogP contribution < -0.4 is 20.1 Å². The SMILES string of the molecule is COc1ccc(C(=O)NCCNC(=O)Cc2cccc(F)c2)cc1OC. The van der Waals surface area contributed by atoms with E-state index in [4.69, 9.17) is 9.47 Å². The number of methoxy groups -OCH3 is 2. The van der Waals surface area contributed by atoms with Crippen LogP contribution in [0.4, 0.5) is 4.39 Å². The van der Waals surface area contributed by atoms with Crippen molar-refractivity contribution in [3.05, 3.63) is 59.4 Å². The molecule has 2 N–H and O–H groups in total. The smallest absolute Gasteiger partial charge is 0.251 e. The van der Waals surface area contributed by atoms with Crippen molar-refractivity contribution in [1.29, 1.82) is 0 Å². The number of hydrogen-bond donors (Lipinski definition) is 2. The molecule has 0 aromatic heterocycles. The predicted octanol–water partition coefficient (Wildman–Crippen LogP) is 1.93. The Labute approximate surface area is 151 Å². The third-order valence-corrected chi connectivity index (χ3v) is 3.63. The van der Waals surface area contributed by atoms with Gasteiger partial charge >= 0.3 is 0 Å². The molecule has 0 bridgehead atoms. The van der Waals surface area contributed by atoms with Crippen LogP contribution in [0.25, 0.3) is 0 Å². The number of benzene rings is 2. The summed E-state index contributed by atoms with van der Waals surface area (Å²) in [6.45, 7) is 0.537. The van der Waals surface area contributed by atoms with Gasteiger partial charge in [-0.05, 0) is 35.9 Å². The van der Waals surface area contributed by atoms with Gasteiger partial charge in [0, 0.05) is 18.7 Å². The van der Waals surface area contributed by atoms with Crippen LogP contribution >= 0.6 is 0 Å². The molecular formula is C19H21FN2O4. The Morgan fingerprint density at radius 3 is 2.38 bits per heavy atom. The summed E-state index contributed by atoms with van der Waals surface area (Å²) < 4.78 is 23.4. The fraction of sp³-hybridized carbons (Fsp3) is 0.263. The predicted molar refractivity (Wildman–Crippen MR) is 95.0 cm³/mol. The monoisotopic (exact) mass is 360 g/mol. The molecule has 0 aliphatic heterocycles. The van der Waals surface area contributed by atoms with E-state index in [9.17, 15) is 14.0 Å².